The van der Waals surface area contributed by atoms with Gasteiger partial charge in [0, 0.05) is 25.7 Å². The number of esters is 4. The average molecular weight is 1460 g/mol. The molecule has 0 spiro atoms. The van der Waals surface area contributed by atoms with Gasteiger partial charge < -0.3 is 33.8 Å². The van der Waals surface area contributed by atoms with E-state index in [9.17, 15) is 43.2 Å². The van der Waals surface area contributed by atoms with E-state index >= 15 is 0 Å². The number of carbonyl (C=O) groups excluding carboxylic acids is 4. The highest BCUT2D eigenvalue weighted by Gasteiger charge is 2.30. The number of allylic oxidation sites excluding steroid dienone is 10. The van der Waals surface area contributed by atoms with Crippen molar-refractivity contribution in [3.8, 4) is 0 Å². The molecule has 19 heteroatoms. The van der Waals surface area contributed by atoms with Crippen LogP contribution in [0.1, 0.15) is 374 Å². The van der Waals surface area contributed by atoms with Crippen molar-refractivity contribution in [1.29, 1.82) is 0 Å². The maximum absolute atomic E-state index is 13.1. The molecule has 2 unspecified atom stereocenters. The maximum Gasteiger partial charge on any atom is 0.472 e. The lowest BCUT2D eigenvalue weighted by Crippen LogP contribution is -2.30. The first-order valence-electron chi connectivity index (χ1n) is 40.5. The molecule has 5 atom stereocenters. The number of hydrogen-bond acceptors (Lipinski definition) is 15. The van der Waals surface area contributed by atoms with E-state index in [0.717, 1.165) is 116 Å². The van der Waals surface area contributed by atoms with Crippen LogP contribution in [0.2, 0.25) is 0 Å². The van der Waals surface area contributed by atoms with Crippen molar-refractivity contribution in [3.05, 3.63) is 60.8 Å². The van der Waals surface area contributed by atoms with Crippen LogP contribution in [0.15, 0.2) is 60.8 Å². The first-order chi connectivity index (χ1) is 48.7. The summed E-state index contributed by atoms with van der Waals surface area (Å²) in [7, 11) is -9.95. The second kappa shape index (κ2) is 74.0. The summed E-state index contributed by atoms with van der Waals surface area (Å²) in [5.41, 5.74) is 0. The molecule has 584 valence electrons. The van der Waals surface area contributed by atoms with Crippen molar-refractivity contribution in [1.82, 2.24) is 0 Å². The molecule has 0 aromatic carbocycles. The second-order valence-electron chi connectivity index (χ2n) is 27.4. The van der Waals surface area contributed by atoms with Gasteiger partial charge in [-0.1, -0.05) is 320 Å². The maximum atomic E-state index is 13.1. The van der Waals surface area contributed by atoms with E-state index in [4.69, 9.17) is 37.0 Å². The summed E-state index contributed by atoms with van der Waals surface area (Å²) in [5.74, 6) is -2.21. The summed E-state index contributed by atoms with van der Waals surface area (Å²) in [5, 5.41) is 10.6. The van der Waals surface area contributed by atoms with Gasteiger partial charge in [0.05, 0.1) is 26.4 Å². The molecule has 0 fully saturated rings. The molecule has 0 rings (SSSR count). The summed E-state index contributed by atoms with van der Waals surface area (Å²) in [4.78, 5) is 73.0. The largest absolute Gasteiger partial charge is 0.472 e. The Bertz CT molecular complexity index is 2130. The molecule has 0 aromatic rings. The Labute approximate surface area is 610 Å². The van der Waals surface area contributed by atoms with Gasteiger partial charge in [-0.2, -0.15) is 0 Å². The molecule has 0 saturated carbocycles. The summed E-state index contributed by atoms with van der Waals surface area (Å²) in [6.07, 6.45) is 73.4. The van der Waals surface area contributed by atoms with Crippen LogP contribution >= 0.6 is 15.6 Å². The van der Waals surface area contributed by atoms with E-state index in [1.807, 2.05) is 12.2 Å². The third kappa shape index (κ3) is 73.1. The predicted molar refractivity (Wildman–Crippen MR) is 409 cm³/mol. The van der Waals surface area contributed by atoms with Crippen molar-refractivity contribution in [2.75, 3.05) is 39.6 Å². The standard InChI is InChI=1S/C81H148O17P2/c1-5-9-13-17-21-25-29-33-36-37-40-42-46-50-54-58-62-66-79(84)92-72-77(98-81(86)68-64-60-56-52-48-44-39-35-31-27-23-19-15-11-7-3)74-96-100(89,90)94-70-75(82)69-93-99(87,88)95-73-76(71-91-78(83)65-61-57-53-49-45-41-32-28-24-20-16-12-8-4)97-80(85)67-63-59-55-51-47-43-38-34-30-26-22-18-14-10-6-2/h21,25,28,32-33,36,40,42,50,54,75-77,82H,5-20,22-24,26-27,29-31,34-35,37-39,41,43-49,51-53,55-74H2,1-4H3,(H,87,88)(H,89,90)/b25-21-,32-28-,36-33-,42-40-,54-50-/t75-,76+,77+/m0/s1. The van der Waals surface area contributed by atoms with E-state index < -0.39 is 97.5 Å². The minimum Gasteiger partial charge on any atom is -0.462 e. The Morgan fingerprint density at radius 3 is 0.830 bits per heavy atom. The van der Waals surface area contributed by atoms with Gasteiger partial charge >= 0.3 is 39.5 Å². The number of rotatable bonds is 77. The Balaban J connectivity index is 5.36. The smallest absolute Gasteiger partial charge is 0.462 e. The normalized spacial score (nSPS) is 14.2. The number of aliphatic hydroxyl groups excluding tert-OH is 1. The van der Waals surface area contributed by atoms with Crippen LogP contribution in [-0.2, 0) is 65.4 Å². The van der Waals surface area contributed by atoms with Gasteiger partial charge in [0.2, 0.25) is 0 Å². The Morgan fingerprint density at radius 1 is 0.280 bits per heavy atom. The molecular weight excluding hydrogens is 1310 g/mol. The average Bonchev–Trinajstić information content (AvgIpc) is 0.945. The lowest BCUT2D eigenvalue weighted by Gasteiger charge is -2.21. The molecule has 0 radical (unpaired) electrons. The topological polar surface area (TPSA) is 237 Å². The fraction of sp³-hybridized carbons (Fsp3) is 0.827. The summed E-state index contributed by atoms with van der Waals surface area (Å²) in [6, 6.07) is 0. The first kappa shape index (κ1) is 96.8. The highest BCUT2D eigenvalue weighted by atomic mass is 31.2. The van der Waals surface area contributed by atoms with E-state index in [0.29, 0.717) is 32.1 Å². The van der Waals surface area contributed by atoms with E-state index in [2.05, 4.69) is 76.3 Å². The fourth-order valence-electron chi connectivity index (χ4n) is 11.3. The number of phosphoric ester groups is 2. The zero-order chi connectivity index (χ0) is 73.2. The van der Waals surface area contributed by atoms with Gasteiger partial charge in [-0.25, -0.2) is 9.13 Å². The zero-order valence-corrected chi connectivity index (χ0v) is 65.7. The van der Waals surface area contributed by atoms with Crippen LogP contribution in [0.5, 0.6) is 0 Å². The van der Waals surface area contributed by atoms with Crippen molar-refractivity contribution < 1.29 is 80.2 Å². The number of unbranched alkanes of at least 4 members (excludes halogenated alkanes) is 41. The molecule has 0 aromatic heterocycles. The van der Waals surface area contributed by atoms with Crippen LogP contribution < -0.4 is 0 Å². The highest BCUT2D eigenvalue weighted by Crippen LogP contribution is 2.45. The third-order valence-corrected chi connectivity index (χ3v) is 19.4. The zero-order valence-electron chi connectivity index (χ0n) is 63.9. The molecule has 0 aliphatic heterocycles. The highest BCUT2D eigenvalue weighted by molar-refractivity contribution is 7.47. The minimum absolute atomic E-state index is 0.0900. The van der Waals surface area contributed by atoms with Crippen molar-refractivity contribution >= 4 is 39.5 Å². The molecule has 3 N–H and O–H groups in total. The lowest BCUT2D eigenvalue weighted by molar-refractivity contribution is -0.161. The number of phosphoric acid groups is 2. The lowest BCUT2D eigenvalue weighted by atomic mass is 10.0. The quantitative estimate of drug-likeness (QED) is 0.0169. The van der Waals surface area contributed by atoms with E-state index in [-0.39, 0.29) is 25.7 Å². The SMILES string of the molecule is CCCCC/C=C\C/C=C\C/C=C\C/C=C\CCCC(=O)OC[C@H](COP(=O)(O)OC[C@@H](O)COP(=O)(O)OC[C@@H](COC(=O)CCCCCCC/C=C\CCCCCC)OC(=O)CCCCCCCCCCCCCCCCC)OC(=O)CCCCCCCCCCCCCCCCC. The van der Waals surface area contributed by atoms with Crippen molar-refractivity contribution in [2.24, 2.45) is 0 Å². The molecule has 0 aliphatic carbocycles. The predicted octanol–water partition coefficient (Wildman–Crippen LogP) is 23.5. The van der Waals surface area contributed by atoms with Crippen LogP contribution in [0.4, 0.5) is 0 Å². The number of hydrogen-bond donors (Lipinski definition) is 3. The monoisotopic (exact) mass is 1460 g/mol. The second-order valence-corrected chi connectivity index (χ2v) is 30.3. The Kier molecular flexibility index (Phi) is 71.6. The minimum atomic E-state index is -4.98. The molecule has 0 saturated heterocycles. The number of carbonyl (C=O) groups is 4. The van der Waals surface area contributed by atoms with Gasteiger partial charge in [-0.05, 0) is 89.9 Å². The van der Waals surface area contributed by atoms with E-state index in [1.165, 1.54) is 173 Å². The van der Waals surface area contributed by atoms with Crippen LogP contribution in [-0.4, -0.2) is 96.7 Å². The van der Waals surface area contributed by atoms with Crippen LogP contribution in [0, 0.1) is 0 Å². The van der Waals surface area contributed by atoms with Gasteiger partial charge in [-0.3, -0.25) is 37.3 Å². The Morgan fingerprint density at radius 2 is 0.500 bits per heavy atom. The molecule has 17 nitrogen and oxygen atoms in total. The van der Waals surface area contributed by atoms with Gasteiger partial charge in [-0.15, -0.1) is 0 Å². The fourth-order valence-corrected chi connectivity index (χ4v) is 12.8. The van der Waals surface area contributed by atoms with Gasteiger partial charge in [0.15, 0.2) is 12.2 Å². The Hall–Kier alpha value is -3.24. The van der Waals surface area contributed by atoms with Crippen LogP contribution in [0.25, 0.3) is 0 Å². The van der Waals surface area contributed by atoms with Crippen molar-refractivity contribution in [3.63, 3.8) is 0 Å². The summed E-state index contributed by atoms with van der Waals surface area (Å²) >= 11 is 0. The molecule has 0 bridgehead atoms. The molecule has 0 aliphatic rings. The van der Waals surface area contributed by atoms with Crippen molar-refractivity contribution in [2.45, 2.75) is 393 Å². The molecule has 100 heavy (non-hydrogen) atoms. The molecular formula is C81H148O17P2. The molecule has 0 heterocycles. The van der Waals surface area contributed by atoms with Gasteiger partial charge in [0.1, 0.15) is 19.3 Å². The summed E-state index contributed by atoms with van der Waals surface area (Å²) in [6.45, 7) is 4.85. The molecule has 0 amide bonds. The first-order valence-corrected chi connectivity index (χ1v) is 43.5. The van der Waals surface area contributed by atoms with Crippen LogP contribution in [0.3, 0.4) is 0 Å². The number of ether oxygens (including phenoxy) is 4. The number of aliphatic hydroxyl groups is 1. The summed E-state index contributed by atoms with van der Waals surface area (Å²) < 4.78 is 68.6. The van der Waals surface area contributed by atoms with Gasteiger partial charge in [0.25, 0.3) is 0 Å². The van der Waals surface area contributed by atoms with E-state index in [1.54, 1.807) is 0 Å². The third-order valence-electron chi connectivity index (χ3n) is 17.5.